The van der Waals surface area contributed by atoms with Gasteiger partial charge < -0.3 is 14.2 Å². The van der Waals surface area contributed by atoms with Crippen LogP contribution in [0.3, 0.4) is 0 Å². The number of unbranched alkanes of at least 4 members (excludes halogenated alkanes) is 6. The van der Waals surface area contributed by atoms with Crippen molar-refractivity contribution in [1.82, 2.24) is 0 Å². The molecule has 3 aromatic carbocycles. The zero-order valence-electron chi connectivity index (χ0n) is 32.1. The molecule has 0 saturated heterocycles. The highest BCUT2D eigenvalue weighted by atomic mass is 19.4. The second kappa shape index (κ2) is 20.1. The highest BCUT2D eigenvalue weighted by Crippen LogP contribution is 2.60. The number of rotatable bonds is 22. The minimum atomic E-state index is -8.11. The Hall–Kier alpha value is -4.84. The Morgan fingerprint density at radius 3 is 1.58 bits per heavy atom. The highest BCUT2D eigenvalue weighted by molar-refractivity contribution is 5.91. The minimum Gasteiger partial charge on any atom is -0.461 e. The highest BCUT2D eigenvalue weighted by Gasteiger charge is 2.92. The standard InChI is InChI=1S/C41H41F13O6/c1-3-4-5-8-11-26(2)59-33(55)31-19-17-28(18-20-31)29-21-23-32(24-22-29)60-34(56)30-15-13-27(14-16-30)12-9-6-7-10-25-58-35(57)36(42,43)37(44,45)38(46,47)39(48,49)40(50,51)41(52,53)54/h13-24,26H,3-12,25H2,1-2H3. The molecule has 0 aliphatic heterocycles. The van der Waals surface area contributed by atoms with Crippen LogP contribution in [-0.4, -0.2) is 66.4 Å². The molecular formula is C41H41F13O6. The van der Waals surface area contributed by atoms with Crippen molar-refractivity contribution in [3.05, 3.63) is 89.5 Å². The average Bonchev–Trinajstić information content (AvgIpc) is 3.18. The molecule has 0 spiro atoms. The fourth-order valence-corrected chi connectivity index (χ4v) is 5.59. The average molecular weight is 877 g/mol. The van der Waals surface area contributed by atoms with E-state index in [1.54, 1.807) is 60.7 Å². The van der Waals surface area contributed by atoms with Gasteiger partial charge in [-0.2, -0.15) is 57.1 Å². The lowest BCUT2D eigenvalue weighted by atomic mass is 9.94. The Morgan fingerprint density at radius 1 is 0.550 bits per heavy atom. The van der Waals surface area contributed by atoms with Crippen molar-refractivity contribution in [2.45, 2.75) is 120 Å². The number of benzene rings is 3. The van der Waals surface area contributed by atoms with Crippen molar-refractivity contribution < 1.29 is 85.7 Å². The third-order valence-electron chi connectivity index (χ3n) is 9.26. The molecule has 19 heteroatoms. The van der Waals surface area contributed by atoms with Gasteiger partial charge >= 0.3 is 53.7 Å². The molecule has 0 radical (unpaired) electrons. The summed E-state index contributed by atoms with van der Waals surface area (Å²) in [4.78, 5) is 36.7. The van der Waals surface area contributed by atoms with Crippen molar-refractivity contribution in [2.75, 3.05) is 6.61 Å². The predicted octanol–water partition coefficient (Wildman–Crippen LogP) is 12.5. The van der Waals surface area contributed by atoms with Crippen LogP contribution in [0.15, 0.2) is 72.8 Å². The van der Waals surface area contributed by atoms with E-state index in [1.807, 2.05) is 6.92 Å². The monoisotopic (exact) mass is 876 g/mol. The summed E-state index contributed by atoms with van der Waals surface area (Å²) in [6, 6.07) is 19.8. The second-order valence-electron chi connectivity index (χ2n) is 13.9. The molecule has 0 aliphatic rings. The number of aryl methyl sites for hydroxylation is 1. The molecule has 3 rings (SSSR count). The summed E-state index contributed by atoms with van der Waals surface area (Å²) < 4.78 is 187. The fraction of sp³-hybridized carbons (Fsp3) is 0.488. The van der Waals surface area contributed by atoms with Gasteiger partial charge in [0.05, 0.1) is 23.8 Å². The normalized spacial score (nSPS) is 13.4. The topological polar surface area (TPSA) is 78.9 Å². The van der Waals surface area contributed by atoms with Crippen LogP contribution >= 0.6 is 0 Å². The number of carbonyl (C=O) groups excluding carboxylic acids is 3. The lowest BCUT2D eigenvalue weighted by molar-refractivity contribution is -0.437. The zero-order chi connectivity index (χ0) is 45.2. The van der Waals surface area contributed by atoms with Crippen LogP contribution < -0.4 is 4.74 Å². The Balaban J connectivity index is 1.41. The molecule has 1 atom stereocenters. The van der Waals surface area contributed by atoms with Crippen LogP contribution in [-0.2, 0) is 20.7 Å². The van der Waals surface area contributed by atoms with E-state index in [-0.39, 0.29) is 36.7 Å². The molecule has 0 bridgehead atoms. The summed E-state index contributed by atoms with van der Waals surface area (Å²) in [6.45, 7) is 2.85. The van der Waals surface area contributed by atoms with Crippen molar-refractivity contribution in [1.29, 1.82) is 0 Å². The smallest absolute Gasteiger partial charge is 0.460 e. The minimum absolute atomic E-state index is 0.0586. The SMILES string of the molecule is CCCCCCC(C)OC(=O)c1ccc(-c2ccc(OC(=O)c3ccc(CCCCCCOC(=O)C(F)(F)C(F)(F)C(F)(F)C(F)(F)C(F)(F)C(F)(F)F)cc3)cc2)cc1. The Bertz CT molecular complexity index is 1860. The van der Waals surface area contributed by atoms with Gasteiger partial charge in [0.25, 0.3) is 0 Å². The first kappa shape index (κ1) is 49.5. The quantitative estimate of drug-likeness (QED) is 0.0433. The van der Waals surface area contributed by atoms with Crippen LogP contribution in [0, 0.1) is 0 Å². The number of hydrogen-bond acceptors (Lipinski definition) is 6. The van der Waals surface area contributed by atoms with Crippen LogP contribution in [0.4, 0.5) is 57.1 Å². The first-order valence-corrected chi connectivity index (χ1v) is 18.7. The molecule has 0 saturated carbocycles. The zero-order valence-corrected chi connectivity index (χ0v) is 32.1. The van der Waals surface area contributed by atoms with E-state index in [4.69, 9.17) is 9.47 Å². The molecule has 0 aliphatic carbocycles. The maximum absolute atomic E-state index is 13.9. The summed E-state index contributed by atoms with van der Waals surface area (Å²) in [5.74, 6) is -43.1. The van der Waals surface area contributed by atoms with Gasteiger partial charge in [-0.15, -0.1) is 0 Å². The third-order valence-corrected chi connectivity index (χ3v) is 9.26. The van der Waals surface area contributed by atoms with Crippen LogP contribution in [0.2, 0.25) is 0 Å². The molecule has 0 aromatic heterocycles. The van der Waals surface area contributed by atoms with Crippen LogP contribution in [0.25, 0.3) is 11.1 Å². The molecule has 332 valence electrons. The van der Waals surface area contributed by atoms with Crippen molar-refractivity contribution in [3.63, 3.8) is 0 Å². The van der Waals surface area contributed by atoms with E-state index >= 15 is 0 Å². The lowest BCUT2D eigenvalue weighted by Crippen LogP contribution is -2.71. The molecule has 0 amide bonds. The van der Waals surface area contributed by atoms with Gasteiger partial charge in [0, 0.05) is 0 Å². The summed E-state index contributed by atoms with van der Waals surface area (Å²) in [6.07, 6.45) is -1.82. The van der Waals surface area contributed by atoms with Crippen molar-refractivity contribution >= 4 is 17.9 Å². The third kappa shape index (κ3) is 11.5. The van der Waals surface area contributed by atoms with Gasteiger partial charge in [0.2, 0.25) is 0 Å². The maximum atomic E-state index is 13.9. The van der Waals surface area contributed by atoms with Gasteiger partial charge in [-0.1, -0.05) is 75.4 Å². The van der Waals surface area contributed by atoms with Gasteiger partial charge in [0.1, 0.15) is 5.75 Å². The molecular weight excluding hydrogens is 835 g/mol. The van der Waals surface area contributed by atoms with E-state index in [9.17, 15) is 71.5 Å². The Kier molecular flexibility index (Phi) is 16.6. The van der Waals surface area contributed by atoms with E-state index in [0.29, 0.717) is 18.4 Å². The largest absolute Gasteiger partial charge is 0.461 e. The van der Waals surface area contributed by atoms with Crippen LogP contribution in [0.5, 0.6) is 5.75 Å². The van der Waals surface area contributed by atoms with Crippen molar-refractivity contribution in [2.24, 2.45) is 0 Å². The summed E-state index contributed by atoms with van der Waals surface area (Å²) >= 11 is 0. The summed E-state index contributed by atoms with van der Waals surface area (Å²) in [5, 5.41) is 0. The Labute approximate surface area is 336 Å². The van der Waals surface area contributed by atoms with E-state index < -0.39 is 60.3 Å². The van der Waals surface area contributed by atoms with Gasteiger partial charge in [-0.25, -0.2) is 14.4 Å². The van der Waals surface area contributed by atoms with Crippen LogP contribution in [0.1, 0.15) is 97.9 Å². The molecule has 0 heterocycles. The lowest BCUT2D eigenvalue weighted by Gasteiger charge is -2.38. The first-order valence-electron chi connectivity index (χ1n) is 18.7. The number of ether oxygens (including phenoxy) is 3. The van der Waals surface area contributed by atoms with Gasteiger partial charge in [-0.3, -0.25) is 0 Å². The van der Waals surface area contributed by atoms with Gasteiger partial charge in [-0.05, 0) is 92.1 Å². The van der Waals surface area contributed by atoms with E-state index in [2.05, 4.69) is 11.7 Å². The van der Waals surface area contributed by atoms with Gasteiger partial charge in [0.15, 0.2) is 0 Å². The molecule has 0 N–H and O–H groups in total. The number of halogens is 13. The molecule has 3 aromatic rings. The molecule has 60 heavy (non-hydrogen) atoms. The molecule has 0 fully saturated rings. The number of alkyl halides is 13. The first-order chi connectivity index (χ1) is 27.8. The van der Waals surface area contributed by atoms with E-state index in [1.165, 1.54) is 12.1 Å². The summed E-state index contributed by atoms with van der Waals surface area (Å²) in [7, 11) is 0. The Morgan fingerprint density at radius 2 is 1.03 bits per heavy atom. The fourth-order valence-electron chi connectivity index (χ4n) is 5.59. The molecule has 6 nitrogen and oxygen atoms in total. The van der Waals surface area contributed by atoms with E-state index in [0.717, 1.165) is 48.8 Å². The number of hydrogen-bond donors (Lipinski definition) is 0. The summed E-state index contributed by atoms with van der Waals surface area (Å²) in [5.41, 5.74) is 2.97. The molecule has 1 unspecified atom stereocenters. The maximum Gasteiger partial charge on any atom is 0.460 e. The van der Waals surface area contributed by atoms with Crippen molar-refractivity contribution in [3.8, 4) is 16.9 Å². The predicted molar refractivity (Wildman–Crippen MR) is 191 cm³/mol. The second-order valence-corrected chi connectivity index (χ2v) is 13.9. The number of carbonyl (C=O) groups is 3. The number of esters is 3.